The molecule has 0 saturated heterocycles. The highest BCUT2D eigenvalue weighted by Gasteiger charge is 2.20. The van der Waals surface area contributed by atoms with Crippen molar-refractivity contribution in [2.75, 3.05) is 6.26 Å². The van der Waals surface area contributed by atoms with Crippen molar-refractivity contribution in [2.45, 2.75) is 18.7 Å². The van der Waals surface area contributed by atoms with Gasteiger partial charge in [-0.15, -0.1) is 0 Å². The molecule has 5 nitrogen and oxygen atoms in total. The Bertz CT molecular complexity index is 1110. The van der Waals surface area contributed by atoms with Crippen molar-refractivity contribution in [1.82, 2.24) is 4.57 Å². The van der Waals surface area contributed by atoms with Crippen molar-refractivity contribution in [3.8, 4) is 16.8 Å². The summed E-state index contributed by atoms with van der Waals surface area (Å²) in [4.78, 5) is 11.7. The molecule has 0 atom stereocenters. The van der Waals surface area contributed by atoms with Crippen LogP contribution < -0.4 is 0 Å². The van der Waals surface area contributed by atoms with E-state index in [1.165, 1.54) is 6.26 Å². The molecule has 0 saturated carbocycles. The van der Waals surface area contributed by atoms with Gasteiger partial charge in [0.25, 0.3) is 0 Å². The monoisotopic (exact) mass is 369 g/mol. The third kappa shape index (κ3) is 3.04. The molecule has 0 radical (unpaired) electrons. The SMILES string of the molecule is Cc1cc(C(=O)O)c(C)n1-c1ccccc1-c1ccccc1S(C)(=O)=O. The van der Waals surface area contributed by atoms with Gasteiger partial charge < -0.3 is 9.67 Å². The minimum Gasteiger partial charge on any atom is -0.478 e. The number of aryl methyl sites for hydroxylation is 1. The molecule has 3 rings (SSSR count). The van der Waals surface area contributed by atoms with Crippen LogP contribution in [-0.4, -0.2) is 30.3 Å². The Balaban J connectivity index is 2.34. The molecule has 1 N–H and O–H groups in total. The van der Waals surface area contributed by atoms with Gasteiger partial charge in [0.1, 0.15) is 0 Å². The maximum Gasteiger partial charge on any atom is 0.337 e. The molecule has 6 heteroatoms. The Morgan fingerprint density at radius 3 is 2.12 bits per heavy atom. The minimum absolute atomic E-state index is 0.230. The summed E-state index contributed by atoms with van der Waals surface area (Å²) in [7, 11) is -3.41. The van der Waals surface area contributed by atoms with Gasteiger partial charge in [-0.3, -0.25) is 0 Å². The van der Waals surface area contributed by atoms with E-state index in [0.29, 0.717) is 11.3 Å². The molecule has 0 aliphatic rings. The predicted molar refractivity (Wildman–Crippen MR) is 101 cm³/mol. The van der Waals surface area contributed by atoms with E-state index in [1.54, 1.807) is 37.3 Å². The number of carboxylic acid groups (broad SMARTS) is 1. The Kier molecular flexibility index (Phi) is 4.46. The van der Waals surface area contributed by atoms with Gasteiger partial charge in [0, 0.05) is 28.8 Å². The quantitative estimate of drug-likeness (QED) is 0.757. The number of carbonyl (C=O) groups is 1. The van der Waals surface area contributed by atoms with Crippen molar-refractivity contribution < 1.29 is 18.3 Å². The first-order valence-electron chi connectivity index (χ1n) is 8.03. The zero-order valence-electron chi connectivity index (χ0n) is 14.7. The summed E-state index contributed by atoms with van der Waals surface area (Å²) in [5, 5.41) is 9.39. The van der Waals surface area contributed by atoms with E-state index in [4.69, 9.17) is 0 Å². The summed E-state index contributed by atoms with van der Waals surface area (Å²) in [5.74, 6) is -0.988. The molecule has 0 fully saturated rings. The zero-order chi connectivity index (χ0) is 19.1. The number of hydrogen-bond acceptors (Lipinski definition) is 3. The van der Waals surface area contributed by atoms with Gasteiger partial charge in [-0.25, -0.2) is 13.2 Å². The fraction of sp³-hybridized carbons (Fsp3) is 0.150. The van der Waals surface area contributed by atoms with Gasteiger partial charge in [0.15, 0.2) is 9.84 Å². The molecule has 134 valence electrons. The molecule has 0 bridgehead atoms. The summed E-state index contributed by atoms with van der Waals surface area (Å²) < 4.78 is 26.3. The van der Waals surface area contributed by atoms with Crippen LogP contribution in [0, 0.1) is 13.8 Å². The molecule has 0 amide bonds. The van der Waals surface area contributed by atoms with E-state index in [1.807, 2.05) is 35.8 Å². The number of aromatic nitrogens is 1. The minimum atomic E-state index is -3.41. The van der Waals surface area contributed by atoms with Crippen LogP contribution in [-0.2, 0) is 9.84 Å². The van der Waals surface area contributed by atoms with Gasteiger partial charge in [-0.05, 0) is 32.0 Å². The summed E-state index contributed by atoms with van der Waals surface area (Å²) in [5.41, 5.74) is 3.66. The maximum atomic E-state index is 12.2. The molecule has 0 aliphatic carbocycles. The predicted octanol–water partition coefficient (Wildman–Crippen LogP) is 3.86. The highest BCUT2D eigenvalue weighted by atomic mass is 32.2. The normalized spacial score (nSPS) is 11.5. The lowest BCUT2D eigenvalue weighted by Gasteiger charge is -2.17. The molecule has 26 heavy (non-hydrogen) atoms. The fourth-order valence-corrected chi connectivity index (χ4v) is 4.16. The van der Waals surface area contributed by atoms with E-state index in [-0.39, 0.29) is 10.5 Å². The maximum absolute atomic E-state index is 12.2. The Morgan fingerprint density at radius 2 is 1.54 bits per heavy atom. The molecule has 1 aromatic heterocycles. The van der Waals surface area contributed by atoms with Gasteiger partial charge in [-0.1, -0.05) is 36.4 Å². The van der Waals surface area contributed by atoms with Crippen LogP contribution in [0.5, 0.6) is 0 Å². The Hall–Kier alpha value is -2.86. The van der Waals surface area contributed by atoms with Gasteiger partial charge in [-0.2, -0.15) is 0 Å². The molecule has 0 aliphatic heterocycles. The second-order valence-corrected chi connectivity index (χ2v) is 8.19. The summed E-state index contributed by atoms with van der Waals surface area (Å²) in [6.45, 7) is 3.58. The first-order chi connectivity index (χ1) is 12.2. The van der Waals surface area contributed by atoms with Crippen molar-refractivity contribution in [2.24, 2.45) is 0 Å². The van der Waals surface area contributed by atoms with E-state index >= 15 is 0 Å². The van der Waals surface area contributed by atoms with Gasteiger partial charge in [0.05, 0.1) is 16.1 Å². The molecule has 3 aromatic rings. The van der Waals surface area contributed by atoms with E-state index < -0.39 is 15.8 Å². The van der Waals surface area contributed by atoms with Crippen LogP contribution in [0.4, 0.5) is 0 Å². The lowest BCUT2D eigenvalue weighted by atomic mass is 10.0. The smallest absolute Gasteiger partial charge is 0.337 e. The van der Waals surface area contributed by atoms with Gasteiger partial charge in [0.2, 0.25) is 0 Å². The third-order valence-electron chi connectivity index (χ3n) is 4.38. The van der Waals surface area contributed by atoms with Gasteiger partial charge >= 0.3 is 5.97 Å². The van der Waals surface area contributed by atoms with Crippen LogP contribution in [0.15, 0.2) is 59.5 Å². The average molecular weight is 369 g/mol. The highest BCUT2D eigenvalue weighted by Crippen LogP contribution is 2.34. The standard InChI is InChI=1S/C20H19NO4S/c1-13-12-17(20(22)23)14(2)21(13)18-10-6-4-8-15(18)16-9-5-7-11-19(16)26(3,24)25/h4-12H,1-3H3,(H,22,23). The number of hydrogen-bond donors (Lipinski definition) is 1. The number of aromatic carboxylic acids is 1. The number of rotatable bonds is 4. The Labute approximate surface area is 152 Å². The molecule has 0 spiro atoms. The first kappa shape index (κ1) is 17.9. The molecule has 0 unspecified atom stereocenters. The molecule has 2 aromatic carbocycles. The summed E-state index contributed by atoms with van der Waals surface area (Å²) >= 11 is 0. The van der Waals surface area contributed by atoms with E-state index in [0.717, 1.165) is 16.9 Å². The molecule has 1 heterocycles. The first-order valence-corrected chi connectivity index (χ1v) is 9.92. The number of sulfone groups is 1. The number of nitrogens with zero attached hydrogens (tertiary/aromatic N) is 1. The van der Waals surface area contributed by atoms with Crippen LogP contribution in [0.1, 0.15) is 21.7 Å². The van der Waals surface area contributed by atoms with Crippen molar-refractivity contribution in [3.05, 3.63) is 71.5 Å². The lowest BCUT2D eigenvalue weighted by Crippen LogP contribution is -2.05. The third-order valence-corrected chi connectivity index (χ3v) is 5.54. The highest BCUT2D eigenvalue weighted by molar-refractivity contribution is 7.90. The van der Waals surface area contributed by atoms with Crippen molar-refractivity contribution in [3.63, 3.8) is 0 Å². The van der Waals surface area contributed by atoms with Crippen LogP contribution in [0.2, 0.25) is 0 Å². The van der Waals surface area contributed by atoms with Crippen LogP contribution in [0.3, 0.4) is 0 Å². The van der Waals surface area contributed by atoms with Crippen molar-refractivity contribution in [1.29, 1.82) is 0 Å². The van der Waals surface area contributed by atoms with Crippen LogP contribution >= 0.6 is 0 Å². The lowest BCUT2D eigenvalue weighted by molar-refractivity contribution is 0.0696. The van der Waals surface area contributed by atoms with Crippen LogP contribution in [0.25, 0.3) is 16.8 Å². The molecular formula is C20H19NO4S. The Morgan fingerprint density at radius 1 is 0.962 bits per heavy atom. The second-order valence-electron chi connectivity index (χ2n) is 6.21. The number of para-hydroxylation sites is 1. The zero-order valence-corrected chi connectivity index (χ0v) is 15.5. The van der Waals surface area contributed by atoms with E-state index in [2.05, 4.69) is 0 Å². The van der Waals surface area contributed by atoms with E-state index in [9.17, 15) is 18.3 Å². The number of benzene rings is 2. The summed E-state index contributed by atoms with van der Waals surface area (Å²) in [6, 6.07) is 15.8. The molecular weight excluding hydrogens is 350 g/mol. The van der Waals surface area contributed by atoms with Crippen molar-refractivity contribution >= 4 is 15.8 Å². The largest absolute Gasteiger partial charge is 0.478 e. The topological polar surface area (TPSA) is 76.4 Å². The summed E-state index contributed by atoms with van der Waals surface area (Å²) in [6.07, 6.45) is 1.18. The average Bonchev–Trinajstić information content (AvgIpc) is 2.89. The second kappa shape index (κ2) is 6.46. The fourth-order valence-electron chi connectivity index (χ4n) is 3.26. The number of carboxylic acids is 1.